The van der Waals surface area contributed by atoms with Crippen LogP contribution < -0.4 is 15.4 Å². The second-order valence-electron chi connectivity index (χ2n) is 16.9. The lowest BCUT2D eigenvalue weighted by Crippen LogP contribution is -2.50. The topological polar surface area (TPSA) is 233 Å². The average molecular weight is 839 g/mol. The molecule has 1 aromatic carbocycles. The number of likely N-dealkylation sites (tertiary alicyclic amines) is 2. The minimum Gasteiger partial charge on any atom is -0.465 e. The van der Waals surface area contributed by atoms with Crippen LogP contribution in [0.2, 0.25) is 0 Å². The number of hydrogen-bond acceptors (Lipinski definition) is 12. The number of nitrogens with zero attached hydrogens (tertiary/aromatic N) is 3. The smallest absolute Gasteiger partial charge is 0.410 e. The lowest BCUT2D eigenvalue weighted by Gasteiger charge is -2.34. The van der Waals surface area contributed by atoms with Gasteiger partial charge in [0.25, 0.3) is 5.69 Å². The molecule has 0 saturated carbocycles. The van der Waals surface area contributed by atoms with Crippen molar-refractivity contribution in [2.24, 2.45) is 17.8 Å². The molecule has 0 spiro atoms. The van der Waals surface area contributed by atoms with E-state index in [2.05, 4.69) is 15.4 Å². The van der Waals surface area contributed by atoms with Crippen LogP contribution in [0.1, 0.15) is 99.8 Å². The number of nitro groups is 1. The number of non-ortho nitro benzene ring substituents is 1. The van der Waals surface area contributed by atoms with E-state index in [1.165, 1.54) is 13.0 Å². The summed E-state index contributed by atoms with van der Waals surface area (Å²) in [5.74, 6) is -1.81. The molecule has 0 aliphatic carbocycles. The van der Waals surface area contributed by atoms with Crippen molar-refractivity contribution in [2.75, 3.05) is 45.9 Å². The second kappa shape index (κ2) is 21.5. The van der Waals surface area contributed by atoms with Gasteiger partial charge in [-0.1, -0.05) is 6.07 Å². The summed E-state index contributed by atoms with van der Waals surface area (Å²) in [6.07, 6.45) is 5.01. The molecule has 0 bridgehead atoms. The van der Waals surface area contributed by atoms with Crippen LogP contribution >= 0.6 is 0 Å². The minimum absolute atomic E-state index is 0.0784. The van der Waals surface area contributed by atoms with Crippen molar-refractivity contribution >= 4 is 45.7 Å². The highest BCUT2D eigenvalue weighted by Crippen LogP contribution is 2.30. The van der Waals surface area contributed by atoms with E-state index in [9.17, 15) is 42.5 Å². The maximum Gasteiger partial charge on any atom is 0.410 e. The number of carbonyl (C=O) groups is 5. The fraction of sp³-hybridized carbons (Fsp3) is 0.718. The lowest BCUT2D eigenvalue weighted by molar-refractivity contribution is -0.385. The molecule has 326 valence electrons. The first kappa shape index (κ1) is 47.9. The lowest BCUT2D eigenvalue weighted by atomic mass is 9.84. The molecule has 2 fully saturated rings. The SMILES string of the molecule is CCOC(=O)[C@H](CNC(=O)CNC(=O)C(CCC1CCN(C(=O)OC(C)(C)C)CC1)CCC1CCN(C(=O)OC(C)(C)C)CC1)NS(=O)(=O)c1cccc([N+](=O)[O-])c1. The Morgan fingerprint density at radius 3 is 1.79 bits per heavy atom. The summed E-state index contributed by atoms with van der Waals surface area (Å²) in [6.45, 7) is 13.7. The second-order valence-corrected chi connectivity index (χ2v) is 18.6. The Balaban J connectivity index is 1.60. The number of ether oxygens (including phenoxy) is 3. The number of benzene rings is 1. The van der Waals surface area contributed by atoms with Crippen LogP contribution in [0.15, 0.2) is 29.2 Å². The molecule has 2 heterocycles. The molecule has 4 amide bonds. The van der Waals surface area contributed by atoms with Crippen LogP contribution in [0.3, 0.4) is 0 Å². The zero-order valence-electron chi connectivity index (χ0n) is 34.9. The maximum absolute atomic E-state index is 13.6. The Bertz CT molecular complexity index is 1640. The summed E-state index contributed by atoms with van der Waals surface area (Å²) in [4.78, 5) is 77.8. The van der Waals surface area contributed by atoms with E-state index < -0.39 is 73.7 Å². The largest absolute Gasteiger partial charge is 0.465 e. The van der Waals surface area contributed by atoms with Crippen LogP contribution in [-0.2, 0) is 38.6 Å². The number of nitrogens with one attached hydrogen (secondary N) is 3. The van der Waals surface area contributed by atoms with Crippen molar-refractivity contribution in [3.63, 3.8) is 0 Å². The molecule has 2 aliphatic heterocycles. The van der Waals surface area contributed by atoms with Gasteiger partial charge < -0.3 is 34.6 Å². The normalized spacial score (nSPS) is 16.3. The quantitative estimate of drug-likeness (QED) is 0.0852. The highest BCUT2D eigenvalue weighted by molar-refractivity contribution is 7.89. The summed E-state index contributed by atoms with van der Waals surface area (Å²) >= 11 is 0. The summed E-state index contributed by atoms with van der Waals surface area (Å²) in [5.41, 5.74) is -1.65. The van der Waals surface area contributed by atoms with Gasteiger partial charge in [-0.25, -0.2) is 18.0 Å². The molecule has 58 heavy (non-hydrogen) atoms. The van der Waals surface area contributed by atoms with E-state index in [0.717, 1.165) is 56.7 Å². The van der Waals surface area contributed by atoms with E-state index in [-0.39, 0.29) is 24.7 Å². The molecule has 1 atom stereocenters. The molecular weight excluding hydrogens is 777 g/mol. The van der Waals surface area contributed by atoms with Crippen molar-refractivity contribution in [2.45, 2.75) is 122 Å². The van der Waals surface area contributed by atoms with Crippen molar-refractivity contribution in [1.29, 1.82) is 0 Å². The van der Waals surface area contributed by atoms with Gasteiger partial charge in [0, 0.05) is 50.8 Å². The van der Waals surface area contributed by atoms with Gasteiger partial charge in [0.05, 0.1) is 23.0 Å². The number of carbonyl (C=O) groups excluding carboxylic acids is 5. The predicted molar refractivity (Wildman–Crippen MR) is 213 cm³/mol. The first-order valence-electron chi connectivity index (χ1n) is 20.0. The van der Waals surface area contributed by atoms with E-state index in [0.29, 0.717) is 50.9 Å². The number of esters is 1. The fourth-order valence-corrected chi connectivity index (χ4v) is 7.99. The van der Waals surface area contributed by atoms with Gasteiger partial charge >= 0.3 is 18.2 Å². The van der Waals surface area contributed by atoms with Crippen LogP contribution in [0.5, 0.6) is 0 Å². The van der Waals surface area contributed by atoms with Crippen molar-refractivity contribution in [1.82, 2.24) is 25.2 Å². The van der Waals surface area contributed by atoms with Gasteiger partial charge in [-0.3, -0.25) is 24.5 Å². The number of hydrogen-bond donors (Lipinski definition) is 3. The third-order valence-electron chi connectivity index (χ3n) is 9.88. The number of piperidine rings is 2. The Kier molecular flexibility index (Phi) is 17.7. The molecule has 0 unspecified atom stereocenters. The summed E-state index contributed by atoms with van der Waals surface area (Å²) in [6, 6.07) is 2.71. The zero-order valence-corrected chi connectivity index (χ0v) is 35.7. The molecule has 1 aromatic rings. The number of rotatable bonds is 17. The van der Waals surface area contributed by atoms with Crippen molar-refractivity contribution < 1.29 is 51.5 Å². The Morgan fingerprint density at radius 1 is 0.845 bits per heavy atom. The Hall–Kier alpha value is -4.52. The monoisotopic (exact) mass is 838 g/mol. The van der Waals surface area contributed by atoms with Crippen LogP contribution in [-0.4, -0.2) is 116 Å². The maximum atomic E-state index is 13.6. The van der Waals surface area contributed by atoms with E-state index in [1.54, 1.807) is 9.80 Å². The van der Waals surface area contributed by atoms with Crippen molar-refractivity contribution in [3.8, 4) is 0 Å². The van der Waals surface area contributed by atoms with Gasteiger partial charge in [0.15, 0.2) is 0 Å². The van der Waals surface area contributed by atoms with Crippen LogP contribution in [0.4, 0.5) is 15.3 Å². The Labute approximate surface area is 341 Å². The molecular formula is C39H62N6O12S. The molecule has 3 rings (SSSR count). The first-order chi connectivity index (χ1) is 27.1. The van der Waals surface area contributed by atoms with E-state index in [1.807, 2.05) is 41.5 Å². The van der Waals surface area contributed by atoms with Crippen molar-refractivity contribution in [3.05, 3.63) is 34.4 Å². The molecule has 18 nitrogen and oxygen atoms in total. The van der Waals surface area contributed by atoms with Gasteiger partial charge in [-0.2, -0.15) is 4.72 Å². The minimum atomic E-state index is -4.45. The fourth-order valence-electron chi connectivity index (χ4n) is 6.77. The number of sulfonamides is 1. The number of amides is 4. The standard InChI is InChI=1S/C39H62N6O12S/c1-8-55-35(48)32(42-58(53,54)31-11-9-10-30(24-31)45(51)52)25-40-33(46)26-41-34(47)29(14-12-27-16-20-43(21-17-27)36(49)56-38(2,3)4)15-13-28-18-22-44(23-19-28)37(50)57-39(5,6)7/h9-11,24,27-29,32,42H,8,12-23,25-26H2,1-7H3,(H,40,46)(H,41,47)/t32-/m0/s1. The van der Waals surface area contributed by atoms with Gasteiger partial charge in [0.1, 0.15) is 17.2 Å². The van der Waals surface area contributed by atoms with Crippen LogP contribution in [0.25, 0.3) is 0 Å². The average Bonchev–Trinajstić information content (AvgIpc) is 3.14. The molecule has 2 aliphatic rings. The molecule has 19 heteroatoms. The Morgan fingerprint density at radius 2 is 1.34 bits per heavy atom. The molecule has 2 saturated heterocycles. The van der Waals surface area contributed by atoms with Gasteiger partial charge in [-0.15, -0.1) is 0 Å². The van der Waals surface area contributed by atoms with E-state index >= 15 is 0 Å². The summed E-state index contributed by atoms with van der Waals surface area (Å²) < 4.78 is 44.3. The molecule has 0 aromatic heterocycles. The summed E-state index contributed by atoms with van der Waals surface area (Å²) in [5, 5.41) is 16.4. The van der Waals surface area contributed by atoms with Gasteiger partial charge in [-0.05, 0) is 118 Å². The summed E-state index contributed by atoms with van der Waals surface area (Å²) in [7, 11) is -4.45. The number of nitro benzene ring substituents is 1. The molecule has 0 radical (unpaired) electrons. The predicted octanol–water partition coefficient (Wildman–Crippen LogP) is 4.51. The third-order valence-corrected chi connectivity index (χ3v) is 11.4. The third kappa shape index (κ3) is 16.4. The zero-order chi connectivity index (χ0) is 43.3. The van der Waals surface area contributed by atoms with Gasteiger partial charge in [0.2, 0.25) is 21.8 Å². The van der Waals surface area contributed by atoms with E-state index in [4.69, 9.17) is 14.2 Å². The first-order valence-corrected chi connectivity index (χ1v) is 21.5. The highest BCUT2D eigenvalue weighted by atomic mass is 32.2. The van der Waals surface area contributed by atoms with Crippen LogP contribution in [0, 0.1) is 27.9 Å². The molecule has 3 N–H and O–H groups in total. The highest BCUT2D eigenvalue weighted by Gasteiger charge is 2.32.